The second-order valence-electron chi connectivity index (χ2n) is 4.02. The predicted molar refractivity (Wildman–Crippen MR) is 78.8 cm³/mol. The van der Waals surface area contributed by atoms with Crippen LogP contribution in [-0.4, -0.2) is 21.4 Å². The number of allylic oxidation sites excluding steroid dienone is 3. The van der Waals surface area contributed by atoms with Crippen LogP contribution in [0.5, 0.6) is 0 Å². The molecule has 18 heavy (non-hydrogen) atoms. The van der Waals surface area contributed by atoms with Crippen LogP contribution in [-0.2, 0) is 13.7 Å². The van der Waals surface area contributed by atoms with Crippen molar-refractivity contribution in [2.45, 2.75) is 40.0 Å². The molecule has 0 unspecified atom stereocenters. The maximum absolute atomic E-state index is 5.65. The molecule has 0 spiro atoms. The molecule has 0 saturated carbocycles. The van der Waals surface area contributed by atoms with Crippen molar-refractivity contribution in [3.8, 4) is 0 Å². The predicted octanol–water partition coefficient (Wildman–Crippen LogP) is 3.03. The molecule has 1 aliphatic heterocycles. The minimum Gasteiger partial charge on any atom is -0.445 e. The van der Waals surface area contributed by atoms with Crippen LogP contribution >= 0.6 is 0 Å². The van der Waals surface area contributed by atoms with Crippen molar-refractivity contribution < 1.29 is 13.7 Å². The summed E-state index contributed by atoms with van der Waals surface area (Å²) in [6.07, 6.45) is 9.02. The Hall–Kier alpha value is -0.705. The molecular formula is C12H21B3O3. The first-order valence-electron chi connectivity index (χ1n) is 6.76. The van der Waals surface area contributed by atoms with Crippen LogP contribution in [0, 0.1) is 0 Å². The summed E-state index contributed by atoms with van der Waals surface area (Å²) in [5.74, 6) is 5.80. The van der Waals surface area contributed by atoms with E-state index in [4.69, 9.17) is 13.7 Å². The molecule has 1 heterocycles. The van der Waals surface area contributed by atoms with Crippen molar-refractivity contribution in [2.24, 2.45) is 0 Å². The summed E-state index contributed by atoms with van der Waals surface area (Å²) in [5.41, 5.74) is 0. The fraction of sp³-hybridized carbons (Fsp3) is 0.500. The van der Waals surface area contributed by atoms with Crippen molar-refractivity contribution >= 4 is 21.4 Å². The fourth-order valence-electron chi connectivity index (χ4n) is 1.51. The average molecular weight is 246 g/mol. The standard InChI is InChI=1S/C12H21B3O3/c1-4-7-10-13-16-14(11-8-5-2)18-15(17-13)12-9-6-3/h7-12H,4-6H2,1-3H3/b10-7+,11-8+,12-9+. The Labute approximate surface area is 112 Å². The zero-order valence-electron chi connectivity index (χ0n) is 11.5. The zero-order valence-corrected chi connectivity index (χ0v) is 11.5. The van der Waals surface area contributed by atoms with Crippen LogP contribution in [0.1, 0.15) is 40.0 Å². The second-order valence-corrected chi connectivity index (χ2v) is 4.02. The molecule has 0 bridgehead atoms. The van der Waals surface area contributed by atoms with Crippen LogP contribution in [0.4, 0.5) is 0 Å². The van der Waals surface area contributed by atoms with E-state index in [1.54, 1.807) is 0 Å². The molecule has 1 rings (SSSR count). The summed E-state index contributed by atoms with van der Waals surface area (Å²) in [6.45, 7) is 6.25. The van der Waals surface area contributed by atoms with Gasteiger partial charge in [-0.15, -0.1) is 0 Å². The van der Waals surface area contributed by atoms with Crippen molar-refractivity contribution in [3.63, 3.8) is 0 Å². The normalized spacial score (nSPS) is 17.8. The van der Waals surface area contributed by atoms with Gasteiger partial charge in [-0.25, -0.2) is 0 Å². The van der Waals surface area contributed by atoms with E-state index >= 15 is 0 Å². The van der Waals surface area contributed by atoms with Gasteiger partial charge in [-0.05, 0) is 19.3 Å². The Morgan fingerprint density at radius 3 is 1.11 bits per heavy atom. The van der Waals surface area contributed by atoms with Crippen LogP contribution in [0.25, 0.3) is 0 Å². The topological polar surface area (TPSA) is 27.7 Å². The largest absolute Gasteiger partial charge is 0.458 e. The first-order valence-corrected chi connectivity index (χ1v) is 6.76. The first kappa shape index (κ1) is 15.4. The number of hydrogen-bond donors (Lipinski definition) is 0. The first-order chi connectivity index (χ1) is 8.80. The van der Waals surface area contributed by atoms with E-state index in [0.29, 0.717) is 0 Å². The molecule has 0 N–H and O–H groups in total. The van der Waals surface area contributed by atoms with Crippen LogP contribution in [0.15, 0.2) is 36.2 Å². The highest BCUT2D eigenvalue weighted by Gasteiger charge is 2.36. The third-order valence-electron chi connectivity index (χ3n) is 2.39. The highest BCUT2D eigenvalue weighted by Crippen LogP contribution is 2.11. The summed E-state index contributed by atoms with van der Waals surface area (Å²) in [6, 6.07) is 0. The van der Waals surface area contributed by atoms with Gasteiger partial charge in [0.05, 0.1) is 0 Å². The minimum atomic E-state index is -0.336. The van der Waals surface area contributed by atoms with E-state index in [9.17, 15) is 0 Å². The molecule has 0 aromatic heterocycles. The van der Waals surface area contributed by atoms with Crippen LogP contribution < -0.4 is 0 Å². The van der Waals surface area contributed by atoms with Crippen LogP contribution in [0.2, 0.25) is 0 Å². The fourth-order valence-corrected chi connectivity index (χ4v) is 1.51. The van der Waals surface area contributed by atoms with Gasteiger partial charge in [0.25, 0.3) is 0 Å². The van der Waals surface area contributed by atoms with Gasteiger partial charge in [-0.3, -0.25) is 0 Å². The number of rotatable bonds is 6. The molecule has 0 aliphatic carbocycles. The molecule has 96 valence electrons. The smallest absolute Gasteiger partial charge is 0.445 e. The molecule has 0 amide bonds. The van der Waals surface area contributed by atoms with E-state index in [1.165, 1.54) is 0 Å². The zero-order chi connectivity index (χ0) is 13.2. The van der Waals surface area contributed by atoms with Crippen molar-refractivity contribution in [3.05, 3.63) is 36.2 Å². The van der Waals surface area contributed by atoms with Crippen LogP contribution in [0.3, 0.4) is 0 Å². The average Bonchev–Trinajstić information content (AvgIpc) is 2.40. The lowest BCUT2D eigenvalue weighted by atomic mass is 9.69. The van der Waals surface area contributed by atoms with Gasteiger partial charge in [0.1, 0.15) is 0 Å². The lowest BCUT2D eigenvalue weighted by Gasteiger charge is -2.26. The van der Waals surface area contributed by atoms with E-state index in [2.05, 4.69) is 20.8 Å². The molecule has 1 saturated heterocycles. The van der Waals surface area contributed by atoms with Crippen molar-refractivity contribution in [1.29, 1.82) is 0 Å². The summed E-state index contributed by atoms with van der Waals surface area (Å²) < 4.78 is 16.9. The van der Waals surface area contributed by atoms with Gasteiger partial charge in [0, 0.05) is 0 Å². The summed E-state index contributed by atoms with van der Waals surface area (Å²) in [7, 11) is -1.01. The van der Waals surface area contributed by atoms with Gasteiger partial charge in [0.15, 0.2) is 0 Å². The highest BCUT2D eigenvalue weighted by molar-refractivity contribution is 6.78. The Morgan fingerprint density at radius 2 is 0.889 bits per heavy atom. The Balaban J connectivity index is 2.62. The summed E-state index contributed by atoms with van der Waals surface area (Å²) >= 11 is 0. The van der Waals surface area contributed by atoms with E-state index in [0.717, 1.165) is 19.3 Å². The molecule has 0 aromatic carbocycles. The number of hydrogen-bond acceptors (Lipinski definition) is 3. The van der Waals surface area contributed by atoms with Gasteiger partial charge in [0.2, 0.25) is 0 Å². The summed E-state index contributed by atoms with van der Waals surface area (Å²) in [4.78, 5) is 0. The monoisotopic (exact) mass is 246 g/mol. The van der Waals surface area contributed by atoms with E-state index < -0.39 is 0 Å². The summed E-state index contributed by atoms with van der Waals surface area (Å²) in [5, 5.41) is 0. The Kier molecular flexibility index (Phi) is 7.89. The van der Waals surface area contributed by atoms with E-state index in [1.807, 2.05) is 36.2 Å². The molecule has 1 aliphatic rings. The SMILES string of the molecule is CC/C=C/B1OB(/C=C/CC)OB(/C=C/CC)O1. The highest BCUT2D eigenvalue weighted by atomic mass is 16.7. The van der Waals surface area contributed by atoms with Gasteiger partial charge < -0.3 is 13.7 Å². The lowest BCUT2D eigenvalue weighted by molar-refractivity contribution is 0.305. The van der Waals surface area contributed by atoms with Gasteiger partial charge >= 0.3 is 21.4 Å². The molecule has 0 atom stereocenters. The second kappa shape index (κ2) is 9.25. The van der Waals surface area contributed by atoms with Gasteiger partial charge in [-0.1, -0.05) is 56.9 Å². The molecular weight excluding hydrogens is 225 g/mol. The Morgan fingerprint density at radius 1 is 0.611 bits per heavy atom. The van der Waals surface area contributed by atoms with Crippen molar-refractivity contribution in [2.75, 3.05) is 0 Å². The molecule has 6 heteroatoms. The minimum absolute atomic E-state index is 0.336. The lowest BCUT2D eigenvalue weighted by Crippen LogP contribution is -2.47. The maximum Gasteiger partial charge on any atom is 0.458 e. The maximum atomic E-state index is 5.65. The third kappa shape index (κ3) is 5.76. The van der Waals surface area contributed by atoms with Gasteiger partial charge in [-0.2, -0.15) is 0 Å². The molecule has 0 aromatic rings. The molecule has 3 nitrogen and oxygen atoms in total. The quantitative estimate of drug-likeness (QED) is 0.674. The van der Waals surface area contributed by atoms with Crippen molar-refractivity contribution in [1.82, 2.24) is 0 Å². The Bertz CT molecular complexity index is 251. The molecule has 0 radical (unpaired) electrons. The van der Waals surface area contributed by atoms with E-state index in [-0.39, 0.29) is 21.4 Å². The third-order valence-corrected chi connectivity index (χ3v) is 2.39. The molecule has 1 fully saturated rings.